The molecular weight excluding hydrogens is 147 g/mol. The molecule has 0 N–H and O–H groups in total. The van der Waals surface area contributed by atoms with Gasteiger partial charge in [-0.2, -0.15) is 0 Å². The van der Waals surface area contributed by atoms with Gasteiger partial charge in [0, 0.05) is 4.75 Å². The molecule has 0 aromatic rings. The van der Waals surface area contributed by atoms with Gasteiger partial charge in [0.25, 0.3) is 0 Å². The second-order valence-corrected chi connectivity index (χ2v) is 4.23. The van der Waals surface area contributed by atoms with Gasteiger partial charge in [0.15, 0.2) is 0 Å². The molecule has 0 aromatic carbocycles. The number of carbonyl (C=O) groups excluding carboxylic acids is 1. The van der Waals surface area contributed by atoms with Crippen LogP contribution in [0.1, 0.15) is 20.8 Å². The minimum Gasteiger partial charge on any atom is -0.538 e. The van der Waals surface area contributed by atoms with Gasteiger partial charge in [-0.1, -0.05) is 20.8 Å². The molecule has 0 atom stereocenters. The normalized spacial score (nSPS) is 10.1. The first kappa shape index (κ1) is 12.5. The topological polar surface area (TPSA) is 40.1 Å². The molecule has 9 heavy (non-hydrogen) atoms. The van der Waals surface area contributed by atoms with Crippen LogP contribution >= 0.6 is 11.8 Å². The Balaban J connectivity index is 0. The Bertz CT molecular complexity index is 97.6. The van der Waals surface area contributed by atoms with E-state index in [0.29, 0.717) is 0 Å². The first-order valence-corrected chi connectivity index (χ1v) is 3.13. The molecule has 2 nitrogen and oxygen atoms in total. The molecule has 0 spiro atoms. The van der Waals surface area contributed by atoms with Gasteiger partial charge in [0.2, 0.25) is 0 Å². The second-order valence-electron chi connectivity index (χ2n) is 2.46. The Labute approximate surface area is 81.7 Å². The largest absolute Gasteiger partial charge is 1.00 e. The summed E-state index contributed by atoms with van der Waals surface area (Å²) in [4.78, 5) is 9.87. The molecule has 0 aliphatic heterocycles. The molecular formula is C5H9NaO2S. The van der Waals surface area contributed by atoms with Crippen molar-refractivity contribution >= 4 is 17.1 Å². The molecule has 0 aliphatic rings. The second kappa shape index (κ2) is 4.61. The van der Waals surface area contributed by atoms with E-state index in [0.717, 1.165) is 11.8 Å². The van der Waals surface area contributed by atoms with Crippen molar-refractivity contribution in [3.63, 3.8) is 0 Å². The maximum Gasteiger partial charge on any atom is 1.00 e. The van der Waals surface area contributed by atoms with Gasteiger partial charge in [-0.15, -0.1) is 11.8 Å². The monoisotopic (exact) mass is 156 g/mol. The number of carbonyl (C=O) groups is 1. The fraction of sp³-hybridized carbons (Fsp3) is 0.800. The van der Waals surface area contributed by atoms with E-state index >= 15 is 0 Å². The summed E-state index contributed by atoms with van der Waals surface area (Å²) in [6.07, 6.45) is 0. The molecule has 0 rings (SSSR count). The zero-order valence-electron chi connectivity index (χ0n) is 6.22. The maximum atomic E-state index is 9.87. The molecule has 0 radical (unpaired) electrons. The summed E-state index contributed by atoms with van der Waals surface area (Å²) in [5.41, 5.74) is 0. The Morgan fingerprint density at radius 1 is 1.44 bits per heavy atom. The van der Waals surface area contributed by atoms with Crippen molar-refractivity contribution in [3.05, 3.63) is 0 Å². The molecule has 0 aromatic heterocycles. The number of carboxylic acid groups (broad SMARTS) is 1. The molecule has 0 aliphatic carbocycles. The minimum atomic E-state index is -1.06. The third-order valence-electron chi connectivity index (χ3n) is 0.390. The molecule has 0 amide bonds. The first-order valence-electron chi connectivity index (χ1n) is 2.32. The van der Waals surface area contributed by atoms with Crippen LogP contribution < -0.4 is 34.7 Å². The molecule has 0 heterocycles. The van der Waals surface area contributed by atoms with Crippen LogP contribution in [0.25, 0.3) is 0 Å². The van der Waals surface area contributed by atoms with E-state index in [1.807, 2.05) is 20.8 Å². The average Bonchev–Trinajstić information content (AvgIpc) is 1.21. The van der Waals surface area contributed by atoms with Crippen LogP contribution in [0.15, 0.2) is 0 Å². The standard InChI is InChI=1S/C5H10O2S.Na/c1-5(2,3)8-4(6)7;/h1-3H3,(H,6,7);/q;+1/p-1. The Morgan fingerprint density at radius 2 is 1.78 bits per heavy atom. The van der Waals surface area contributed by atoms with Crippen molar-refractivity contribution in [2.24, 2.45) is 0 Å². The zero-order chi connectivity index (χ0) is 6.78. The predicted octanol–water partition coefficient (Wildman–Crippen LogP) is -2.13. The van der Waals surface area contributed by atoms with Gasteiger partial charge in [-0.3, -0.25) is 0 Å². The van der Waals surface area contributed by atoms with Crippen LogP contribution in [0.3, 0.4) is 0 Å². The van der Waals surface area contributed by atoms with Crippen molar-refractivity contribution in [1.82, 2.24) is 0 Å². The zero-order valence-corrected chi connectivity index (χ0v) is 9.04. The quantitative estimate of drug-likeness (QED) is 0.376. The van der Waals surface area contributed by atoms with Crippen LogP contribution in [0.2, 0.25) is 0 Å². The minimum absolute atomic E-state index is 0. The smallest absolute Gasteiger partial charge is 0.538 e. The van der Waals surface area contributed by atoms with Gasteiger partial charge < -0.3 is 9.90 Å². The van der Waals surface area contributed by atoms with Crippen molar-refractivity contribution in [3.8, 4) is 0 Å². The van der Waals surface area contributed by atoms with Gasteiger partial charge in [0.1, 0.15) is 0 Å². The van der Waals surface area contributed by atoms with Crippen LogP contribution in [0.5, 0.6) is 0 Å². The van der Waals surface area contributed by atoms with Gasteiger partial charge in [-0.05, 0) is 0 Å². The average molecular weight is 156 g/mol. The molecule has 0 saturated heterocycles. The number of rotatable bonds is 0. The molecule has 48 valence electrons. The molecule has 0 saturated carbocycles. The van der Waals surface area contributed by atoms with Crippen LogP contribution in [0, 0.1) is 0 Å². The molecule has 0 bridgehead atoms. The van der Waals surface area contributed by atoms with E-state index in [1.165, 1.54) is 0 Å². The van der Waals surface area contributed by atoms with E-state index in [4.69, 9.17) is 0 Å². The third-order valence-corrected chi connectivity index (χ3v) is 1.17. The Morgan fingerprint density at radius 3 is 1.78 bits per heavy atom. The number of hydrogen-bond acceptors (Lipinski definition) is 3. The van der Waals surface area contributed by atoms with E-state index in [2.05, 4.69) is 0 Å². The Hall–Kier alpha value is 0.820. The fourth-order valence-electron chi connectivity index (χ4n) is 0.250. The van der Waals surface area contributed by atoms with Gasteiger partial charge in [0.05, 0.1) is 5.30 Å². The number of thioether (sulfide) groups is 1. The summed E-state index contributed by atoms with van der Waals surface area (Å²) < 4.78 is -0.223. The summed E-state index contributed by atoms with van der Waals surface area (Å²) >= 11 is 0.817. The summed E-state index contributed by atoms with van der Waals surface area (Å²) in [5, 5.41) is 8.81. The maximum absolute atomic E-state index is 9.87. The van der Waals surface area contributed by atoms with Crippen molar-refractivity contribution in [1.29, 1.82) is 0 Å². The first-order chi connectivity index (χ1) is 3.42. The molecule has 4 heteroatoms. The summed E-state index contributed by atoms with van der Waals surface area (Å²) in [6, 6.07) is 0. The Kier molecular flexibility index (Phi) is 6.39. The number of hydrogen-bond donors (Lipinski definition) is 0. The molecule has 0 fully saturated rings. The SMILES string of the molecule is CC(C)(C)SC(=O)[O-].[Na+]. The fourth-order valence-corrected chi connectivity index (χ4v) is 0.750. The van der Waals surface area contributed by atoms with E-state index in [-0.39, 0.29) is 34.3 Å². The van der Waals surface area contributed by atoms with Crippen LogP contribution in [-0.2, 0) is 0 Å². The van der Waals surface area contributed by atoms with Crippen molar-refractivity contribution in [2.45, 2.75) is 25.5 Å². The van der Waals surface area contributed by atoms with E-state index < -0.39 is 5.30 Å². The van der Waals surface area contributed by atoms with Crippen LogP contribution in [-0.4, -0.2) is 10.0 Å². The van der Waals surface area contributed by atoms with E-state index in [9.17, 15) is 9.90 Å². The summed E-state index contributed by atoms with van der Waals surface area (Å²) in [6.45, 7) is 5.48. The summed E-state index contributed by atoms with van der Waals surface area (Å²) in [7, 11) is 0. The van der Waals surface area contributed by atoms with E-state index in [1.54, 1.807) is 0 Å². The predicted molar refractivity (Wildman–Crippen MR) is 32.7 cm³/mol. The molecule has 0 unspecified atom stereocenters. The summed E-state index contributed by atoms with van der Waals surface area (Å²) in [5.74, 6) is 0. The van der Waals surface area contributed by atoms with Crippen molar-refractivity contribution in [2.75, 3.05) is 0 Å². The van der Waals surface area contributed by atoms with Crippen molar-refractivity contribution < 1.29 is 39.5 Å². The van der Waals surface area contributed by atoms with Gasteiger partial charge in [-0.25, -0.2) is 0 Å². The van der Waals surface area contributed by atoms with Crippen LogP contribution in [0.4, 0.5) is 4.79 Å². The third kappa shape index (κ3) is 12.1. The van der Waals surface area contributed by atoms with Gasteiger partial charge >= 0.3 is 29.6 Å².